The van der Waals surface area contributed by atoms with Crippen molar-refractivity contribution in [3.8, 4) is 11.1 Å². The van der Waals surface area contributed by atoms with E-state index in [0.29, 0.717) is 37.8 Å². The largest absolute Gasteiger partial charge is 0.481 e. The highest BCUT2D eigenvalue weighted by Gasteiger charge is 2.50. The minimum Gasteiger partial charge on any atom is -0.481 e. The maximum absolute atomic E-state index is 12.6. The summed E-state index contributed by atoms with van der Waals surface area (Å²) in [6, 6.07) is 16.6. The van der Waals surface area contributed by atoms with Crippen LogP contribution in [0, 0.1) is 17.8 Å². The first-order valence-electron chi connectivity index (χ1n) is 12.6. The Morgan fingerprint density at radius 3 is 2.29 bits per heavy atom. The Morgan fingerprint density at radius 1 is 0.914 bits per heavy atom. The van der Waals surface area contributed by atoms with Gasteiger partial charge in [-0.05, 0) is 66.2 Å². The van der Waals surface area contributed by atoms with Gasteiger partial charge in [0.05, 0.1) is 0 Å². The van der Waals surface area contributed by atoms with Gasteiger partial charge < -0.3 is 20.5 Å². The second-order valence-corrected chi connectivity index (χ2v) is 10.0. The molecule has 0 heterocycles. The fourth-order valence-corrected chi connectivity index (χ4v) is 6.16. The topological polar surface area (TPSA) is 105 Å². The fraction of sp³-hybridized carbons (Fsp3) is 0.464. The van der Waals surface area contributed by atoms with Crippen LogP contribution in [0.3, 0.4) is 0 Å². The molecule has 35 heavy (non-hydrogen) atoms. The number of amides is 2. The van der Waals surface area contributed by atoms with Crippen LogP contribution >= 0.6 is 0 Å². The number of carboxylic acids is 1. The van der Waals surface area contributed by atoms with Gasteiger partial charge in [0.25, 0.3) is 0 Å². The smallest absolute Gasteiger partial charge is 0.407 e. The monoisotopic (exact) mass is 476 g/mol. The average Bonchev–Trinajstić information content (AvgIpc) is 3.36. The number of carbonyl (C=O) groups is 3. The summed E-state index contributed by atoms with van der Waals surface area (Å²) < 4.78 is 5.69. The van der Waals surface area contributed by atoms with Crippen LogP contribution in [0.4, 0.5) is 4.79 Å². The van der Waals surface area contributed by atoms with Crippen LogP contribution in [0.25, 0.3) is 11.1 Å². The molecule has 3 aliphatic carbocycles. The number of unbranched alkanes of at least 4 members (excludes halogenated alkanes) is 1. The van der Waals surface area contributed by atoms with Gasteiger partial charge >= 0.3 is 12.1 Å². The second kappa shape index (κ2) is 10.1. The summed E-state index contributed by atoms with van der Waals surface area (Å²) in [5, 5.41) is 14.7. The number of hydrogen-bond donors (Lipinski definition) is 3. The third kappa shape index (κ3) is 4.90. The zero-order valence-electron chi connectivity index (χ0n) is 19.7. The number of carboxylic acid groups (broad SMARTS) is 1. The van der Waals surface area contributed by atoms with Crippen LogP contribution in [0.15, 0.2) is 48.5 Å². The fourth-order valence-electron chi connectivity index (χ4n) is 6.16. The van der Waals surface area contributed by atoms with E-state index in [1.165, 1.54) is 22.3 Å². The van der Waals surface area contributed by atoms with Gasteiger partial charge in [-0.15, -0.1) is 0 Å². The molecule has 0 bridgehead atoms. The summed E-state index contributed by atoms with van der Waals surface area (Å²) >= 11 is 0. The lowest BCUT2D eigenvalue weighted by Crippen LogP contribution is -2.50. The van der Waals surface area contributed by atoms with Gasteiger partial charge in [-0.3, -0.25) is 9.59 Å². The Bertz CT molecular complexity index is 1070. The lowest BCUT2D eigenvalue weighted by atomic mass is 9.71. The number of benzene rings is 2. The number of carbonyl (C=O) groups excluding carboxylic acids is 2. The van der Waals surface area contributed by atoms with Crippen LogP contribution < -0.4 is 10.6 Å². The molecule has 0 spiro atoms. The van der Waals surface area contributed by atoms with Crippen molar-refractivity contribution < 1.29 is 24.2 Å². The standard InChI is InChI=1S/C28H32N2O5/c31-26(32)11-5-6-12-29-27(33)18-13-17-15-25(23(17)14-18)30-28(34)35-16-24-21-9-3-1-7-19(21)20-8-2-4-10-22(20)24/h1-4,7-10,17-18,23-25H,5-6,11-16H2,(H,29,33)(H,30,34)(H,31,32)/t17-,18?,23-,25+/m1/s1. The molecule has 0 aromatic heterocycles. The lowest BCUT2D eigenvalue weighted by molar-refractivity contribution is -0.137. The molecule has 0 radical (unpaired) electrons. The molecule has 0 aliphatic heterocycles. The highest BCUT2D eigenvalue weighted by atomic mass is 16.5. The van der Waals surface area contributed by atoms with Crippen LogP contribution in [0.5, 0.6) is 0 Å². The molecule has 0 saturated heterocycles. The molecule has 2 aromatic carbocycles. The number of nitrogens with one attached hydrogen (secondary N) is 2. The van der Waals surface area contributed by atoms with Crippen LogP contribution in [0.1, 0.15) is 55.6 Å². The van der Waals surface area contributed by atoms with E-state index in [-0.39, 0.29) is 36.3 Å². The number of rotatable bonds is 9. The number of hydrogen-bond acceptors (Lipinski definition) is 4. The van der Waals surface area contributed by atoms with Crippen molar-refractivity contribution in [3.63, 3.8) is 0 Å². The molecule has 7 nitrogen and oxygen atoms in total. The summed E-state index contributed by atoms with van der Waals surface area (Å²) in [5.74, 6) is 0.0410. The Morgan fingerprint density at radius 2 is 1.60 bits per heavy atom. The first kappa shape index (κ1) is 23.4. The van der Waals surface area contributed by atoms with Crippen LogP contribution in [-0.4, -0.2) is 42.3 Å². The summed E-state index contributed by atoms with van der Waals surface area (Å²) in [6.07, 6.45) is 3.50. The van der Waals surface area contributed by atoms with Crippen molar-refractivity contribution in [2.45, 2.75) is 50.5 Å². The minimum absolute atomic E-state index is 0.0289. The van der Waals surface area contributed by atoms with Crippen molar-refractivity contribution in [2.75, 3.05) is 13.2 Å². The van der Waals surface area contributed by atoms with E-state index >= 15 is 0 Å². The van der Waals surface area contributed by atoms with Crippen molar-refractivity contribution in [2.24, 2.45) is 17.8 Å². The molecule has 2 saturated carbocycles. The number of ether oxygens (including phenoxy) is 1. The molecule has 3 N–H and O–H groups in total. The molecule has 7 heteroatoms. The average molecular weight is 477 g/mol. The van der Waals surface area contributed by atoms with Gasteiger partial charge in [0, 0.05) is 30.8 Å². The van der Waals surface area contributed by atoms with Gasteiger partial charge in [0.1, 0.15) is 6.61 Å². The predicted octanol–water partition coefficient (Wildman–Crippen LogP) is 4.31. The van der Waals surface area contributed by atoms with E-state index in [1.807, 2.05) is 24.3 Å². The Hall–Kier alpha value is -3.35. The van der Waals surface area contributed by atoms with Gasteiger partial charge in [-0.2, -0.15) is 0 Å². The molecule has 1 unspecified atom stereocenters. The van der Waals surface area contributed by atoms with E-state index in [1.54, 1.807) is 0 Å². The van der Waals surface area contributed by atoms with Gasteiger partial charge in [0.2, 0.25) is 5.91 Å². The van der Waals surface area contributed by atoms with Crippen LogP contribution in [-0.2, 0) is 14.3 Å². The lowest BCUT2D eigenvalue weighted by Gasteiger charge is -2.40. The molecule has 2 fully saturated rings. The SMILES string of the molecule is O=C(O)CCCCNC(=O)C1C[C@@H]2C[C@H](NC(=O)OCC3c4ccccc4-c4ccccc43)[C@@H]2C1. The van der Waals surface area contributed by atoms with E-state index < -0.39 is 5.97 Å². The van der Waals surface area contributed by atoms with E-state index in [4.69, 9.17) is 9.84 Å². The zero-order chi connectivity index (χ0) is 24.4. The Balaban J connectivity index is 1.07. The third-order valence-electron chi connectivity index (χ3n) is 7.96. The summed E-state index contributed by atoms with van der Waals surface area (Å²) in [6.45, 7) is 0.812. The number of alkyl carbamates (subject to hydrolysis) is 1. The van der Waals surface area contributed by atoms with Crippen molar-refractivity contribution in [1.82, 2.24) is 10.6 Å². The molecular formula is C28H32N2O5. The summed E-state index contributed by atoms with van der Waals surface area (Å²) in [5.41, 5.74) is 4.79. The normalized spacial score (nSPS) is 24.0. The van der Waals surface area contributed by atoms with Gasteiger partial charge in [-0.1, -0.05) is 48.5 Å². The quantitative estimate of drug-likeness (QED) is 0.468. The first-order chi connectivity index (χ1) is 17.0. The van der Waals surface area contributed by atoms with Gasteiger partial charge in [-0.25, -0.2) is 4.79 Å². The zero-order valence-corrected chi connectivity index (χ0v) is 19.7. The Labute approximate surface area is 205 Å². The molecular weight excluding hydrogens is 444 g/mol. The molecule has 5 rings (SSSR count). The van der Waals surface area contributed by atoms with Gasteiger partial charge in [0.15, 0.2) is 0 Å². The molecule has 2 amide bonds. The van der Waals surface area contributed by atoms with E-state index in [2.05, 4.69) is 34.9 Å². The molecule has 3 aliphatic rings. The third-order valence-corrected chi connectivity index (χ3v) is 7.96. The second-order valence-electron chi connectivity index (χ2n) is 10.0. The molecule has 4 atom stereocenters. The highest BCUT2D eigenvalue weighted by Crippen LogP contribution is 2.50. The number of fused-ring (bicyclic) bond motifs is 4. The molecule has 2 aromatic rings. The first-order valence-corrected chi connectivity index (χ1v) is 12.6. The highest BCUT2D eigenvalue weighted by molar-refractivity contribution is 5.80. The van der Waals surface area contributed by atoms with Crippen molar-refractivity contribution in [3.05, 3.63) is 59.7 Å². The minimum atomic E-state index is -0.807. The van der Waals surface area contributed by atoms with E-state index in [9.17, 15) is 14.4 Å². The van der Waals surface area contributed by atoms with Crippen molar-refractivity contribution >= 4 is 18.0 Å². The Kier molecular flexibility index (Phi) is 6.75. The van der Waals surface area contributed by atoms with E-state index in [0.717, 1.165) is 19.3 Å². The maximum Gasteiger partial charge on any atom is 0.407 e. The predicted molar refractivity (Wildman–Crippen MR) is 131 cm³/mol. The summed E-state index contributed by atoms with van der Waals surface area (Å²) in [7, 11) is 0. The molecule has 184 valence electrons. The summed E-state index contributed by atoms with van der Waals surface area (Å²) in [4.78, 5) is 35.7. The van der Waals surface area contributed by atoms with Crippen LogP contribution in [0.2, 0.25) is 0 Å². The maximum atomic E-state index is 12.6. The number of aliphatic carboxylic acids is 1. The van der Waals surface area contributed by atoms with Crippen molar-refractivity contribution in [1.29, 1.82) is 0 Å².